The highest BCUT2D eigenvalue weighted by atomic mass is 16.6. The van der Waals surface area contributed by atoms with E-state index in [9.17, 15) is 14.4 Å². The number of rotatable bonds is 7. The first-order chi connectivity index (χ1) is 13.5. The molecule has 0 bridgehead atoms. The number of hydrogen-bond donors (Lipinski definition) is 0. The zero-order valence-electron chi connectivity index (χ0n) is 16.8. The van der Waals surface area contributed by atoms with Gasteiger partial charge in [-0.3, -0.25) is 14.6 Å². The summed E-state index contributed by atoms with van der Waals surface area (Å²) in [5.74, 6) is -0.244. The van der Waals surface area contributed by atoms with Gasteiger partial charge in [0, 0.05) is 57.6 Å². The minimum absolute atomic E-state index is 0.0111. The molecule has 1 aliphatic heterocycles. The molecule has 0 aromatic carbocycles. The normalized spacial score (nSPS) is 15.1. The molecule has 9 heteroatoms. The monoisotopic (exact) mass is 391 g/mol. The number of amides is 3. The summed E-state index contributed by atoms with van der Waals surface area (Å²) in [6, 6.07) is -0.0111. The summed E-state index contributed by atoms with van der Waals surface area (Å²) in [7, 11) is 0. The van der Waals surface area contributed by atoms with Crippen LogP contribution in [0.3, 0.4) is 0 Å². The van der Waals surface area contributed by atoms with Crippen LogP contribution < -0.4 is 0 Å². The first kappa shape index (κ1) is 21.6. The quantitative estimate of drug-likeness (QED) is 0.697. The van der Waals surface area contributed by atoms with E-state index in [-0.39, 0.29) is 36.1 Å². The summed E-state index contributed by atoms with van der Waals surface area (Å²) in [4.78, 5) is 50.1. The van der Waals surface area contributed by atoms with Crippen LogP contribution >= 0.6 is 0 Å². The molecule has 3 amide bonds. The topological polar surface area (TPSA) is 95.9 Å². The number of carbonyl (C=O) groups is 3. The van der Waals surface area contributed by atoms with Crippen molar-refractivity contribution in [2.24, 2.45) is 0 Å². The first-order valence-corrected chi connectivity index (χ1v) is 9.74. The fourth-order valence-corrected chi connectivity index (χ4v) is 3.03. The number of piperazine rings is 1. The maximum atomic E-state index is 12.8. The summed E-state index contributed by atoms with van der Waals surface area (Å²) < 4.78 is 4.99. The molecule has 2 heterocycles. The third-order valence-electron chi connectivity index (χ3n) is 4.89. The van der Waals surface area contributed by atoms with Crippen molar-refractivity contribution in [2.75, 3.05) is 39.3 Å². The van der Waals surface area contributed by atoms with Gasteiger partial charge in [0.2, 0.25) is 5.91 Å². The number of aromatic nitrogens is 2. The Kier molecular flexibility index (Phi) is 8.16. The van der Waals surface area contributed by atoms with Crippen LogP contribution in [0.4, 0.5) is 4.79 Å². The van der Waals surface area contributed by atoms with Gasteiger partial charge < -0.3 is 19.4 Å². The van der Waals surface area contributed by atoms with Crippen molar-refractivity contribution >= 4 is 17.9 Å². The largest absolute Gasteiger partial charge is 0.450 e. The molecule has 1 atom stereocenters. The molecule has 1 aliphatic rings. The molecular weight excluding hydrogens is 362 g/mol. The third-order valence-corrected chi connectivity index (χ3v) is 4.89. The molecule has 28 heavy (non-hydrogen) atoms. The van der Waals surface area contributed by atoms with Gasteiger partial charge in [-0.25, -0.2) is 9.78 Å². The van der Waals surface area contributed by atoms with E-state index in [0.717, 1.165) is 6.42 Å². The van der Waals surface area contributed by atoms with Gasteiger partial charge in [-0.1, -0.05) is 6.92 Å². The Morgan fingerprint density at radius 3 is 2.39 bits per heavy atom. The van der Waals surface area contributed by atoms with Gasteiger partial charge >= 0.3 is 6.09 Å². The molecular formula is C19H29N5O4. The maximum Gasteiger partial charge on any atom is 0.409 e. The Morgan fingerprint density at radius 1 is 1.14 bits per heavy atom. The molecule has 1 saturated heterocycles. The van der Waals surface area contributed by atoms with E-state index in [1.165, 1.54) is 18.6 Å². The number of ether oxygens (including phenoxy) is 1. The van der Waals surface area contributed by atoms with Crippen LogP contribution in [0.25, 0.3) is 0 Å². The molecule has 0 N–H and O–H groups in total. The van der Waals surface area contributed by atoms with Crippen molar-refractivity contribution in [2.45, 2.75) is 39.7 Å². The average molecular weight is 391 g/mol. The van der Waals surface area contributed by atoms with E-state index in [2.05, 4.69) is 9.97 Å². The zero-order valence-corrected chi connectivity index (χ0v) is 16.8. The maximum absolute atomic E-state index is 12.8. The highest BCUT2D eigenvalue weighted by molar-refractivity contribution is 5.92. The fraction of sp³-hybridized carbons (Fsp3) is 0.632. The van der Waals surface area contributed by atoms with Gasteiger partial charge in [-0.05, 0) is 20.3 Å². The highest BCUT2D eigenvalue weighted by Crippen LogP contribution is 2.12. The second-order valence-electron chi connectivity index (χ2n) is 6.66. The van der Waals surface area contributed by atoms with Crippen LogP contribution in [0.15, 0.2) is 18.6 Å². The van der Waals surface area contributed by atoms with Crippen molar-refractivity contribution in [1.82, 2.24) is 24.7 Å². The molecule has 0 spiro atoms. The van der Waals surface area contributed by atoms with Crippen molar-refractivity contribution in [3.63, 3.8) is 0 Å². The molecule has 0 aliphatic carbocycles. The van der Waals surface area contributed by atoms with E-state index < -0.39 is 0 Å². The Morgan fingerprint density at radius 2 is 1.82 bits per heavy atom. The smallest absolute Gasteiger partial charge is 0.409 e. The van der Waals surface area contributed by atoms with E-state index in [1.54, 1.807) is 21.6 Å². The minimum Gasteiger partial charge on any atom is -0.450 e. The van der Waals surface area contributed by atoms with E-state index in [0.29, 0.717) is 39.3 Å². The zero-order chi connectivity index (χ0) is 20.5. The number of carbonyl (C=O) groups excluding carboxylic acids is 3. The molecule has 1 fully saturated rings. The predicted octanol–water partition coefficient (Wildman–Crippen LogP) is 1.41. The van der Waals surface area contributed by atoms with Crippen LogP contribution in [0.1, 0.15) is 44.1 Å². The van der Waals surface area contributed by atoms with Gasteiger partial charge in [0.15, 0.2) is 0 Å². The Hall–Kier alpha value is -2.71. The van der Waals surface area contributed by atoms with Crippen LogP contribution in [-0.4, -0.2) is 87.9 Å². The van der Waals surface area contributed by atoms with Gasteiger partial charge in [0.25, 0.3) is 5.91 Å². The predicted molar refractivity (Wildman–Crippen MR) is 103 cm³/mol. The first-order valence-electron chi connectivity index (χ1n) is 9.74. The molecule has 0 radical (unpaired) electrons. The number of hydrogen-bond acceptors (Lipinski definition) is 6. The third kappa shape index (κ3) is 5.64. The molecule has 1 aromatic rings. The number of nitrogens with zero attached hydrogens (tertiary/aromatic N) is 5. The van der Waals surface area contributed by atoms with Gasteiger partial charge in [-0.15, -0.1) is 0 Å². The summed E-state index contributed by atoms with van der Waals surface area (Å²) in [5, 5.41) is 0. The summed E-state index contributed by atoms with van der Waals surface area (Å²) >= 11 is 0. The molecule has 1 unspecified atom stereocenters. The lowest BCUT2D eigenvalue weighted by molar-refractivity contribution is -0.133. The van der Waals surface area contributed by atoms with Crippen LogP contribution in [0.5, 0.6) is 0 Å². The standard InChI is InChI=1S/C19H29N5O4/c1-4-15(3)24(18(26)16-14-20-7-8-21-16)9-6-17(25)22-10-12-23(13-11-22)19(27)28-5-2/h7-8,14-15H,4-6,9-13H2,1-3H3. The fourth-order valence-electron chi connectivity index (χ4n) is 3.03. The average Bonchev–Trinajstić information content (AvgIpc) is 2.74. The van der Waals surface area contributed by atoms with Crippen molar-refractivity contribution in [1.29, 1.82) is 0 Å². The van der Waals surface area contributed by atoms with E-state index >= 15 is 0 Å². The Labute approximate surface area is 165 Å². The second-order valence-corrected chi connectivity index (χ2v) is 6.66. The summed E-state index contributed by atoms with van der Waals surface area (Å²) in [6.45, 7) is 8.23. The van der Waals surface area contributed by atoms with E-state index in [1.807, 2.05) is 13.8 Å². The van der Waals surface area contributed by atoms with Crippen molar-refractivity contribution in [3.05, 3.63) is 24.3 Å². The highest BCUT2D eigenvalue weighted by Gasteiger charge is 2.27. The molecule has 1 aromatic heterocycles. The molecule has 9 nitrogen and oxygen atoms in total. The van der Waals surface area contributed by atoms with Crippen LogP contribution in [-0.2, 0) is 9.53 Å². The second kappa shape index (κ2) is 10.6. The lowest BCUT2D eigenvalue weighted by Gasteiger charge is -2.35. The van der Waals surface area contributed by atoms with Crippen molar-refractivity contribution < 1.29 is 19.1 Å². The van der Waals surface area contributed by atoms with E-state index in [4.69, 9.17) is 4.74 Å². The summed E-state index contributed by atoms with van der Waals surface area (Å²) in [5.41, 5.74) is 0.276. The van der Waals surface area contributed by atoms with Gasteiger partial charge in [0.05, 0.1) is 12.8 Å². The lowest BCUT2D eigenvalue weighted by Crippen LogP contribution is -2.51. The SMILES string of the molecule is CCOC(=O)N1CCN(C(=O)CCN(C(=O)c2cnccn2)C(C)CC)CC1. The van der Waals surface area contributed by atoms with Crippen LogP contribution in [0.2, 0.25) is 0 Å². The lowest BCUT2D eigenvalue weighted by atomic mass is 10.2. The van der Waals surface area contributed by atoms with Crippen molar-refractivity contribution in [3.8, 4) is 0 Å². The Bertz CT molecular complexity index is 662. The van der Waals surface area contributed by atoms with Gasteiger partial charge in [-0.2, -0.15) is 0 Å². The minimum atomic E-state index is -0.341. The van der Waals surface area contributed by atoms with Crippen LogP contribution in [0, 0.1) is 0 Å². The molecule has 0 saturated carbocycles. The molecule has 154 valence electrons. The molecule has 2 rings (SSSR count). The summed E-state index contributed by atoms with van der Waals surface area (Å²) in [6.07, 6.45) is 5.11. The Balaban J connectivity index is 1.90. The van der Waals surface area contributed by atoms with Gasteiger partial charge in [0.1, 0.15) is 5.69 Å².